The Balaban J connectivity index is 0.00000117. The van der Waals surface area contributed by atoms with Crippen molar-refractivity contribution in [1.29, 1.82) is 0 Å². The predicted molar refractivity (Wildman–Crippen MR) is 115 cm³/mol. The van der Waals surface area contributed by atoms with E-state index in [9.17, 15) is 0 Å². The van der Waals surface area contributed by atoms with E-state index in [1.165, 1.54) is 74.5 Å². The van der Waals surface area contributed by atoms with E-state index >= 15 is 0 Å². The molecule has 0 bridgehead atoms. The lowest BCUT2D eigenvalue weighted by Gasteiger charge is -2.41. The molecule has 0 spiro atoms. The SMILES string of the molecule is C=CC1(c2ccccc2NC)CCN(CCC2CCSCC2)CC1.C=O. The Morgan fingerprint density at radius 1 is 1.23 bits per heavy atom. The van der Waals surface area contributed by atoms with Crippen LogP contribution in [0, 0.1) is 5.92 Å². The second-order valence-electron chi connectivity index (χ2n) is 7.34. The van der Waals surface area contributed by atoms with Crippen LogP contribution in [-0.4, -0.2) is 49.9 Å². The summed E-state index contributed by atoms with van der Waals surface area (Å²) < 4.78 is 0. The lowest BCUT2D eigenvalue weighted by atomic mass is 9.72. The van der Waals surface area contributed by atoms with Gasteiger partial charge in [-0.25, -0.2) is 0 Å². The van der Waals surface area contributed by atoms with Gasteiger partial charge in [-0.2, -0.15) is 11.8 Å². The molecule has 0 atom stereocenters. The summed E-state index contributed by atoms with van der Waals surface area (Å²) in [5.74, 6) is 3.73. The summed E-state index contributed by atoms with van der Waals surface area (Å²) in [6.07, 6.45) is 8.86. The van der Waals surface area contributed by atoms with Gasteiger partial charge in [-0.1, -0.05) is 24.3 Å². The summed E-state index contributed by atoms with van der Waals surface area (Å²) in [4.78, 5) is 10.7. The first-order valence-corrected chi connectivity index (χ1v) is 10.9. The van der Waals surface area contributed by atoms with E-state index in [0.717, 1.165) is 5.92 Å². The Kier molecular flexibility index (Phi) is 8.73. The first kappa shape index (κ1) is 21.0. The lowest BCUT2D eigenvalue weighted by molar-refractivity contribution is -0.0979. The van der Waals surface area contributed by atoms with Crippen molar-refractivity contribution < 1.29 is 4.79 Å². The zero-order valence-corrected chi connectivity index (χ0v) is 17.0. The molecule has 1 aromatic carbocycles. The van der Waals surface area contributed by atoms with Crippen molar-refractivity contribution in [3.05, 3.63) is 42.5 Å². The second-order valence-corrected chi connectivity index (χ2v) is 8.57. The van der Waals surface area contributed by atoms with Gasteiger partial charge in [0.05, 0.1) is 0 Å². The van der Waals surface area contributed by atoms with Crippen molar-refractivity contribution in [3.8, 4) is 0 Å². The van der Waals surface area contributed by atoms with Crippen molar-refractivity contribution >= 4 is 24.2 Å². The topological polar surface area (TPSA) is 32.3 Å². The van der Waals surface area contributed by atoms with Crippen molar-refractivity contribution in [2.75, 3.05) is 43.5 Å². The van der Waals surface area contributed by atoms with Gasteiger partial charge in [0.15, 0.2) is 0 Å². The molecule has 0 amide bonds. The van der Waals surface area contributed by atoms with E-state index in [1.54, 1.807) is 0 Å². The van der Waals surface area contributed by atoms with Gasteiger partial charge in [0.25, 0.3) is 0 Å². The Morgan fingerprint density at radius 2 is 1.88 bits per heavy atom. The third-order valence-electron chi connectivity index (χ3n) is 6.07. The molecule has 2 heterocycles. The number of nitrogens with zero attached hydrogens (tertiary/aromatic N) is 1. The van der Waals surface area contributed by atoms with Gasteiger partial charge < -0.3 is 15.0 Å². The average molecular weight is 375 g/mol. The molecule has 0 radical (unpaired) electrons. The molecule has 4 heteroatoms. The van der Waals surface area contributed by atoms with E-state index in [4.69, 9.17) is 4.79 Å². The smallest absolute Gasteiger partial charge is 0.106 e. The maximum Gasteiger partial charge on any atom is 0.106 e. The molecule has 0 saturated carbocycles. The third kappa shape index (κ3) is 5.14. The van der Waals surface area contributed by atoms with Crippen LogP contribution in [0.1, 0.15) is 37.7 Å². The predicted octanol–water partition coefficient (Wildman–Crippen LogP) is 4.60. The van der Waals surface area contributed by atoms with E-state index < -0.39 is 0 Å². The van der Waals surface area contributed by atoms with E-state index in [0.29, 0.717) is 0 Å². The van der Waals surface area contributed by atoms with E-state index in [2.05, 4.69) is 58.9 Å². The molecule has 2 saturated heterocycles. The van der Waals surface area contributed by atoms with E-state index in [-0.39, 0.29) is 5.41 Å². The minimum absolute atomic E-state index is 0.136. The molecule has 144 valence electrons. The van der Waals surface area contributed by atoms with Crippen LogP contribution in [-0.2, 0) is 10.2 Å². The lowest BCUT2D eigenvalue weighted by Crippen LogP contribution is -2.42. The molecule has 1 N–H and O–H groups in total. The fourth-order valence-electron chi connectivity index (χ4n) is 4.29. The number of carbonyl (C=O) groups is 1. The number of benzene rings is 1. The summed E-state index contributed by atoms with van der Waals surface area (Å²) in [6.45, 7) is 9.89. The fraction of sp³-hybridized carbons (Fsp3) is 0.591. The molecular weight excluding hydrogens is 340 g/mol. The average Bonchev–Trinajstić information content (AvgIpc) is 2.75. The van der Waals surface area contributed by atoms with Gasteiger partial charge in [-0.05, 0) is 80.8 Å². The zero-order chi connectivity index (χ0) is 18.8. The second kappa shape index (κ2) is 10.8. The number of nitrogens with one attached hydrogen (secondary N) is 1. The standard InChI is InChI=1S/C21H32N2S.CH2O/c1-3-21(19-6-4-5-7-20(19)22-2)11-14-23(15-12-21)13-8-18-9-16-24-17-10-18;1-2/h3-7,18,22H,1,8-17H2,2H3;1H2. The minimum atomic E-state index is 0.136. The van der Waals surface area contributed by atoms with Gasteiger partial charge >= 0.3 is 0 Å². The molecule has 2 aliphatic rings. The molecule has 2 aliphatic heterocycles. The highest BCUT2D eigenvalue weighted by atomic mass is 32.2. The molecule has 2 fully saturated rings. The molecule has 0 aromatic heterocycles. The van der Waals surface area contributed by atoms with Crippen LogP contribution in [0.5, 0.6) is 0 Å². The highest BCUT2D eigenvalue weighted by Crippen LogP contribution is 2.40. The van der Waals surface area contributed by atoms with Crippen LogP contribution >= 0.6 is 11.8 Å². The Bertz CT molecular complexity index is 549. The maximum atomic E-state index is 8.00. The fourth-order valence-corrected chi connectivity index (χ4v) is 5.50. The summed E-state index contributed by atoms with van der Waals surface area (Å²) in [7, 11) is 2.02. The molecule has 3 nitrogen and oxygen atoms in total. The Morgan fingerprint density at radius 3 is 2.50 bits per heavy atom. The summed E-state index contributed by atoms with van der Waals surface area (Å²) in [6, 6.07) is 8.75. The summed E-state index contributed by atoms with van der Waals surface area (Å²) in [5.41, 5.74) is 2.81. The molecule has 26 heavy (non-hydrogen) atoms. The number of rotatable bonds is 6. The number of carbonyl (C=O) groups excluding carboxylic acids is 1. The van der Waals surface area contributed by atoms with Gasteiger partial charge in [-0.3, -0.25) is 0 Å². The number of hydrogen-bond acceptors (Lipinski definition) is 4. The molecule has 0 unspecified atom stereocenters. The quantitative estimate of drug-likeness (QED) is 0.738. The van der Waals surface area contributed by atoms with Crippen LogP contribution in [0.15, 0.2) is 36.9 Å². The first-order chi connectivity index (χ1) is 12.8. The molecule has 3 rings (SSSR count). The van der Waals surface area contributed by atoms with Crippen molar-refractivity contribution in [2.45, 2.75) is 37.5 Å². The summed E-state index contributed by atoms with van der Waals surface area (Å²) >= 11 is 2.13. The van der Waals surface area contributed by atoms with Crippen molar-refractivity contribution in [1.82, 2.24) is 4.90 Å². The number of thioether (sulfide) groups is 1. The number of para-hydroxylation sites is 1. The highest BCUT2D eigenvalue weighted by molar-refractivity contribution is 7.99. The largest absolute Gasteiger partial charge is 0.388 e. The first-order valence-electron chi connectivity index (χ1n) is 9.77. The maximum absolute atomic E-state index is 8.00. The van der Waals surface area contributed by atoms with Crippen LogP contribution < -0.4 is 5.32 Å². The van der Waals surface area contributed by atoms with Gasteiger partial charge in [0.1, 0.15) is 6.79 Å². The number of allylic oxidation sites excluding steroid dienone is 1. The third-order valence-corrected chi connectivity index (χ3v) is 7.12. The normalized spacial score (nSPS) is 20.7. The Labute approximate surface area is 163 Å². The van der Waals surface area contributed by atoms with E-state index in [1.807, 2.05) is 13.8 Å². The number of hydrogen-bond donors (Lipinski definition) is 1. The molecular formula is C22H34N2OS. The van der Waals surface area contributed by atoms with Gasteiger partial charge in [-0.15, -0.1) is 6.58 Å². The zero-order valence-electron chi connectivity index (χ0n) is 16.2. The number of anilines is 1. The van der Waals surface area contributed by atoms with Crippen LogP contribution in [0.2, 0.25) is 0 Å². The monoisotopic (exact) mass is 374 g/mol. The number of piperidine rings is 1. The van der Waals surface area contributed by atoms with Crippen LogP contribution in [0.25, 0.3) is 0 Å². The highest BCUT2D eigenvalue weighted by Gasteiger charge is 2.35. The van der Waals surface area contributed by atoms with Gasteiger partial charge in [0, 0.05) is 18.2 Å². The molecule has 1 aromatic rings. The van der Waals surface area contributed by atoms with Crippen LogP contribution in [0.3, 0.4) is 0 Å². The number of likely N-dealkylation sites (tertiary alicyclic amines) is 1. The molecule has 0 aliphatic carbocycles. The minimum Gasteiger partial charge on any atom is -0.388 e. The van der Waals surface area contributed by atoms with Crippen molar-refractivity contribution in [2.24, 2.45) is 5.92 Å². The van der Waals surface area contributed by atoms with Crippen molar-refractivity contribution in [3.63, 3.8) is 0 Å². The Hall–Kier alpha value is -1.26. The van der Waals surface area contributed by atoms with Gasteiger partial charge in [0.2, 0.25) is 0 Å². The summed E-state index contributed by atoms with van der Waals surface area (Å²) in [5, 5.41) is 3.37. The van der Waals surface area contributed by atoms with Crippen LogP contribution in [0.4, 0.5) is 5.69 Å².